The van der Waals surface area contributed by atoms with Gasteiger partial charge in [-0.1, -0.05) is 37.1 Å². The van der Waals surface area contributed by atoms with Gasteiger partial charge in [-0.25, -0.2) is 0 Å². The van der Waals surface area contributed by atoms with Crippen LogP contribution >= 0.6 is 0 Å². The van der Waals surface area contributed by atoms with Crippen molar-refractivity contribution < 1.29 is 4.79 Å². The second kappa shape index (κ2) is 6.01. The second-order valence-corrected chi connectivity index (χ2v) is 5.14. The molecule has 0 spiro atoms. The summed E-state index contributed by atoms with van der Waals surface area (Å²) in [4.78, 5) is 14.1. The van der Waals surface area contributed by atoms with Gasteiger partial charge < -0.3 is 10.6 Å². The molecule has 3 heteroatoms. The van der Waals surface area contributed by atoms with E-state index in [2.05, 4.69) is 0 Å². The lowest BCUT2D eigenvalue weighted by molar-refractivity contribution is -0.131. The molecule has 0 saturated heterocycles. The number of carbonyl (C=O) groups excluding carboxylic acids is 1. The first-order valence-electron chi connectivity index (χ1n) is 6.74. The van der Waals surface area contributed by atoms with Crippen LogP contribution in [-0.2, 0) is 17.8 Å². The van der Waals surface area contributed by atoms with Crippen molar-refractivity contribution in [3.05, 3.63) is 35.4 Å². The Labute approximate surface area is 109 Å². The Bertz CT molecular complexity index is 393. The molecule has 18 heavy (non-hydrogen) atoms. The molecule has 2 rings (SSSR count). The molecule has 1 aromatic rings. The molecule has 3 nitrogen and oxygen atoms in total. The zero-order valence-electron chi connectivity index (χ0n) is 11.1. The van der Waals surface area contributed by atoms with Crippen LogP contribution in [0.2, 0.25) is 0 Å². The summed E-state index contributed by atoms with van der Waals surface area (Å²) in [5, 5.41) is 0. The predicted molar refractivity (Wildman–Crippen MR) is 73.1 cm³/mol. The average molecular weight is 246 g/mol. The fourth-order valence-corrected chi connectivity index (χ4v) is 2.59. The Hall–Kier alpha value is -1.35. The minimum absolute atomic E-state index is 0.224. The summed E-state index contributed by atoms with van der Waals surface area (Å²) in [5.74, 6) is 0.224. The molecule has 0 atom stereocenters. The molecule has 0 aromatic heterocycles. The molecule has 1 aliphatic carbocycles. The van der Waals surface area contributed by atoms with Crippen LogP contribution < -0.4 is 5.73 Å². The van der Waals surface area contributed by atoms with Gasteiger partial charge in [-0.2, -0.15) is 0 Å². The summed E-state index contributed by atoms with van der Waals surface area (Å²) >= 11 is 0. The largest absolute Gasteiger partial charge is 0.342 e. The third-order valence-electron chi connectivity index (χ3n) is 3.88. The van der Waals surface area contributed by atoms with E-state index in [4.69, 9.17) is 5.73 Å². The van der Waals surface area contributed by atoms with E-state index < -0.39 is 0 Å². The number of hydrogen-bond donors (Lipinski definition) is 1. The highest BCUT2D eigenvalue weighted by Gasteiger charge is 2.23. The molecule has 0 heterocycles. The van der Waals surface area contributed by atoms with Gasteiger partial charge in [0.05, 0.1) is 6.42 Å². The zero-order valence-corrected chi connectivity index (χ0v) is 11.1. The topological polar surface area (TPSA) is 46.3 Å². The van der Waals surface area contributed by atoms with E-state index in [9.17, 15) is 4.79 Å². The fourth-order valence-electron chi connectivity index (χ4n) is 2.59. The van der Waals surface area contributed by atoms with Crippen LogP contribution in [-0.4, -0.2) is 23.9 Å². The lowest BCUT2D eigenvalue weighted by atomic mass is 10.1. The van der Waals surface area contributed by atoms with Gasteiger partial charge in [-0.3, -0.25) is 4.79 Å². The molecule has 0 unspecified atom stereocenters. The highest BCUT2D eigenvalue weighted by Crippen LogP contribution is 2.22. The van der Waals surface area contributed by atoms with Gasteiger partial charge in [0.1, 0.15) is 0 Å². The summed E-state index contributed by atoms with van der Waals surface area (Å²) in [6, 6.07) is 8.46. The van der Waals surface area contributed by atoms with Gasteiger partial charge in [0, 0.05) is 19.6 Å². The van der Waals surface area contributed by atoms with E-state index in [1.807, 2.05) is 36.2 Å². The normalized spacial score (nSPS) is 15.9. The third-order valence-corrected chi connectivity index (χ3v) is 3.88. The van der Waals surface area contributed by atoms with Gasteiger partial charge in [-0.15, -0.1) is 0 Å². The van der Waals surface area contributed by atoms with E-state index in [0.717, 1.165) is 24.0 Å². The molecule has 1 aromatic carbocycles. The van der Waals surface area contributed by atoms with Crippen LogP contribution in [0.15, 0.2) is 24.3 Å². The Morgan fingerprint density at radius 1 is 1.22 bits per heavy atom. The predicted octanol–water partition coefficient (Wildman–Crippen LogP) is 2.09. The van der Waals surface area contributed by atoms with Gasteiger partial charge in [-0.05, 0) is 24.0 Å². The third kappa shape index (κ3) is 3.10. The van der Waals surface area contributed by atoms with E-state index in [1.165, 1.54) is 12.8 Å². The van der Waals surface area contributed by atoms with Crippen molar-refractivity contribution in [3.63, 3.8) is 0 Å². The standard InChI is InChI=1S/C15H22N2O/c1-17(14-4-2-3-5-14)15(18)10-12-6-8-13(11-16)9-7-12/h6-9,14H,2-5,10-11,16H2,1H3. The molecule has 0 bridgehead atoms. The molecule has 0 radical (unpaired) electrons. The lowest BCUT2D eigenvalue weighted by Crippen LogP contribution is -2.36. The maximum Gasteiger partial charge on any atom is 0.226 e. The van der Waals surface area contributed by atoms with Gasteiger partial charge in [0.25, 0.3) is 0 Å². The highest BCUT2D eigenvalue weighted by molar-refractivity contribution is 5.78. The first kappa shape index (κ1) is 13.1. The molecule has 2 N–H and O–H groups in total. The smallest absolute Gasteiger partial charge is 0.226 e. The van der Waals surface area contributed by atoms with Gasteiger partial charge in [0.2, 0.25) is 5.91 Å². The number of hydrogen-bond acceptors (Lipinski definition) is 2. The number of likely N-dealkylation sites (N-methyl/N-ethyl adjacent to an activating group) is 1. The maximum absolute atomic E-state index is 12.2. The number of benzene rings is 1. The molecule has 98 valence electrons. The van der Waals surface area contributed by atoms with E-state index >= 15 is 0 Å². The first-order valence-corrected chi connectivity index (χ1v) is 6.74. The van der Waals surface area contributed by atoms with Crippen molar-refractivity contribution in [1.29, 1.82) is 0 Å². The molecule has 0 aliphatic heterocycles. The molecule has 1 fully saturated rings. The van der Waals surface area contributed by atoms with Crippen molar-refractivity contribution in [1.82, 2.24) is 4.90 Å². The summed E-state index contributed by atoms with van der Waals surface area (Å²) in [5.41, 5.74) is 7.74. The quantitative estimate of drug-likeness (QED) is 0.884. The molecular weight excluding hydrogens is 224 g/mol. The first-order chi connectivity index (χ1) is 8.70. The van der Waals surface area contributed by atoms with Crippen molar-refractivity contribution in [2.24, 2.45) is 5.73 Å². The number of nitrogens with two attached hydrogens (primary N) is 1. The minimum atomic E-state index is 0.224. The number of rotatable bonds is 4. The fraction of sp³-hybridized carbons (Fsp3) is 0.533. The van der Waals surface area contributed by atoms with Crippen LogP contribution in [0.5, 0.6) is 0 Å². The average Bonchev–Trinajstić information content (AvgIpc) is 2.92. The molecular formula is C15H22N2O. The van der Waals surface area contributed by atoms with Crippen molar-refractivity contribution in [2.45, 2.75) is 44.7 Å². The summed E-state index contributed by atoms with van der Waals surface area (Å²) < 4.78 is 0. The van der Waals surface area contributed by atoms with E-state index in [-0.39, 0.29) is 5.91 Å². The number of nitrogens with zero attached hydrogens (tertiary/aromatic N) is 1. The van der Waals surface area contributed by atoms with Crippen molar-refractivity contribution in [3.8, 4) is 0 Å². The van der Waals surface area contributed by atoms with Gasteiger partial charge >= 0.3 is 0 Å². The maximum atomic E-state index is 12.2. The SMILES string of the molecule is CN(C(=O)Cc1ccc(CN)cc1)C1CCCC1. The Morgan fingerprint density at radius 3 is 2.33 bits per heavy atom. The summed E-state index contributed by atoms with van der Waals surface area (Å²) in [6.45, 7) is 0.552. The summed E-state index contributed by atoms with van der Waals surface area (Å²) in [7, 11) is 1.94. The number of amides is 1. The van der Waals surface area contributed by atoms with E-state index in [1.54, 1.807) is 0 Å². The Balaban J connectivity index is 1.93. The Morgan fingerprint density at radius 2 is 1.78 bits per heavy atom. The zero-order chi connectivity index (χ0) is 13.0. The van der Waals surface area contributed by atoms with Crippen LogP contribution in [0.3, 0.4) is 0 Å². The van der Waals surface area contributed by atoms with Crippen molar-refractivity contribution >= 4 is 5.91 Å². The van der Waals surface area contributed by atoms with Crippen LogP contribution in [0.1, 0.15) is 36.8 Å². The highest BCUT2D eigenvalue weighted by atomic mass is 16.2. The second-order valence-electron chi connectivity index (χ2n) is 5.14. The van der Waals surface area contributed by atoms with Crippen LogP contribution in [0.4, 0.5) is 0 Å². The minimum Gasteiger partial charge on any atom is -0.342 e. The Kier molecular flexibility index (Phi) is 4.37. The number of carbonyl (C=O) groups is 1. The van der Waals surface area contributed by atoms with Gasteiger partial charge in [0.15, 0.2) is 0 Å². The molecule has 1 amide bonds. The lowest BCUT2D eigenvalue weighted by Gasteiger charge is -2.24. The van der Waals surface area contributed by atoms with E-state index in [0.29, 0.717) is 19.0 Å². The molecule has 1 aliphatic rings. The van der Waals surface area contributed by atoms with Crippen LogP contribution in [0.25, 0.3) is 0 Å². The summed E-state index contributed by atoms with van der Waals surface area (Å²) in [6.07, 6.45) is 5.33. The van der Waals surface area contributed by atoms with Crippen molar-refractivity contribution in [2.75, 3.05) is 7.05 Å². The monoisotopic (exact) mass is 246 g/mol. The molecule has 1 saturated carbocycles. The van der Waals surface area contributed by atoms with Crippen LogP contribution in [0, 0.1) is 0 Å².